The van der Waals surface area contributed by atoms with E-state index in [4.69, 9.17) is 0 Å². The first-order chi connectivity index (χ1) is 2.77. The molecular formula is C4H7BrO2. The van der Waals surface area contributed by atoms with E-state index in [9.17, 15) is 4.79 Å². The molecule has 0 aromatic rings. The molecule has 42 valence electrons. The number of carbonyl (C=O) groups excluding carboxylic acids is 1. The van der Waals surface area contributed by atoms with Crippen LogP contribution in [0.25, 0.3) is 0 Å². The first-order valence-electron chi connectivity index (χ1n) is 1.55. The maximum atomic E-state index is 9.75. The summed E-state index contributed by atoms with van der Waals surface area (Å²) in [4.78, 5) is 9.75. The van der Waals surface area contributed by atoms with Gasteiger partial charge in [-0.2, -0.15) is 0 Å². The third-order valence-corrected chi connectivity index (χ3v) is 0.249. The van der Waals surface area contributed by atoms with Crippen LogP contribution in [-0.4, -0.2) is 5.97 Å². The Morgan fingerprint density at radius 1 is 1.86 bits per heavy atom. The van der Waals surface area contributed by atoms with Crippen LogP contribution < -0.4 is 0 Å². The Morgan fingerprint density at radius 2 is 2.29 bits per heavy atom. The summed E-state index contributed by atoms with van der Waals surface area (Å²) in [6, 6.07) is 0. The quantitative estimate of drug-likeness (QED) is 0.434. The van der Waals surface area contributed by atoms with Gasteiger partial charge >= 0.3 is 5.97 Å². The van der Waals surface area contributed by atoms with Crippen molar-refractivity contribution in [1.82, 2.24) is 0 Å². The molecule has 0 bridgehead atoms. The van der Waals surface area contributed by atoms with Crippen molar-refractivity contribution in [2.24, 2.45) is 0 Å². The predicted molar refractivity (Wildman–Crippen MR) is 32.3 cm³/mol. The summed E-state index contributed by atoms with van der Waals surface area (Å²) in [5.74, 6) is -0.329. The summed E-state index contributed by atoms with van der Waals surface area (Å²) in [5, 5.41) is 0. The maximum absolute atomic E-state index is 9.75. The highest BCUT2D eigenvalue weighted by Gasteiger charge is 1.79. The molecule has 0 spiro atoms. The summed E-state index contributed by atoms with van der Waals surface area (Å²) in [7, 11) is 0. The average molecular weight is 167 g/mol. The Hall–Kier alpha value is -0.310. The van der Waals surface area contributed by atoms with Crippen LogP contribution in [-0.2, 0) is 9.53 Å². The lowest BCUT2D eigenvalue weighted by Crippen LogP contribution is -1.87. The molecule has 0 aliphatic rings. The van der Waals surface area contributed by atoms with E-state index in [2.05, 4.69) is 11.3 Å². The van der Waals surface area contributed by atoms with E-state index in [1.165, 1.54) is 6.92 Å². The molecule has 0 N–H and O–H groups in total. The minimum absolute atomic E-state index is 0. The molecule has 0 saturated heterocycles. The van der Waals surface area contributed by atoms with Gasteiger partial charge in [-0.05, 0) is 0 Å². The maximum Gasteiger partial charge on any atom is 0.307 e. The van der Waals surface area contributed by atoms with Crippen molar-refractivity contribution < 1.29 is 9.53 Å². The summed E-state index contributed by atoms with van der Waals surface area (Å²) in [6.07, 6.45) is 1.10. The Bertz CT molecular complexity index is 70.1. The summed E-state index contributed by atoms with van der Waals surface area (Å²) in [5.41, 5.74) is 0. The fourth-order valence-electron chi connectivity index (χ4n) is 0.117. The second kappa shape index (κ2) is 5.69. The first-order valence-corrected chi connectivity index (χ1v) is 1.55. The standard InChI is InChI=1S/C4H6O2.BrH/c1-3-6-4(2)5;/h3H,1H2,2H3;1H. The van der Waals surface area contributed by atoms with Gasteiger partial charge in [-0.15, -0.1) is 17.0 Å². The Morgan fingerprint density at radius 3 is 2.29 bits per heavy atom. The molecule has 7 heavy (non-hydrogen) atoms. The number of hydrogen-bond acceptors (Lipinski definition) is 2. The number of ether oxygens (including phenoxy) is 1. The number of rotatable bonds is 1. The highest BCUT2D eigenvalue weighted by molar-refractivity contribution is 8.93. The lowest BCUT2D eigenvalue weighted by molar-refractivity contribution is -0.135. The van der Waals surface area contributed by atoms with Crippen molar-refractivity contribution in [3.63, 3.8) is 0 Å². The molecule has 0 fully saturated rings. The van der Waals surface area contributed by atoms with E-state index in [1.54, 1.807) is 0 Å². The van der Waals surface area contributed by atoms with E-state index in [-0.39, 0.29) is 23.0 Å². The van der Waals surface area contributed by atoms with Crippen molar-refractivity contribution >= 4 is 23.0 Å². The van der Waals surface area contributed by atoms with Gasteiger partial charge in [-0.1, -0.05) is 6.58 Å². The van der Waals surface area contributed by atoms with Crippen molar-refractivity contribution in [3.8, 4) is 0 Å². The van der Waals surface area contributed by atoms with E-state index in [0.29, 0.717) is 0 Å². The van der Waals surface area contributed by atoms with E-state index in [1.807, 2.05) is 0 Å². The van der Waals surface area contributed by atoms with Gasteiger partial charge in [0.1, 0.15) is 0 Å². The summed E-state index contributed by atoms with van der Waals surface area (Å²) >= 11 is 0. The number of carbonyl (C=O) groups is 1. The minimum Gasteiger partial charge on any atom is -0.435 e. The number of halogens is 1. The summed E-state index contributed by atoms with van der Waals surface area (Å²) in [6.45, 7) is 4.48. The minimum atomic E-state index is -0.329. The Balaban J connectivity index is 0. The largest absolute Gasteiger partial charge is 0.435 e. The molecule has 0 aliphatic heterocycles. The Kier molecular flexibility index (Phi) is 8.00. The SMILES string of the molecule is Br.C=COC(C)=O. The molecule has 0 amide bonds. The van der Waals surface area contributed by atoms with Gasteiger partial charge in [0.05, 0.1) is 6.26 Å². The third kappa shape index (κ3) is 10.7. The first kappa shape index (κ1) is 9.85. The predicted octanol–water partition coefficient (Wildman–Crippen LogP) is 1.27. The van der Waals surface area contributed by atoms with Gasteiger partial charge in [0.25, 0.3) is 0 Å². The molecule has 0 unspecified atom stereocenters. The van der Waals surface area contributed by atoms with Crippen molar-refractivity contribution in [3.05, 3.63) is 12.8 Å². The molecule has 0 radical (unpaired) electrons. The van der Waals surface area contributed by atoms with Crippen molar-refractivity contribution in [2.45, 2.75) is 6.92 Å². The smallest absolute Gasteiger partial charge is 0.307 e. The highest BCUT2D eigenvalue weighted by atomic mass is 79.9. The van der Waals surface area contributed by atoms with E-state index in [0.717, 1.165) is 6.26 Å². The molecule has 0 saturated carbocycles. The zero-order valence-corrected chi connectivity index (χ0v) is 5.72. The van der Waals surface area contributed by atoms with E-state index >= 15 is 0 Å². The van der Waals surface area contributed by atoms with Crippen LogP contribution in [0.2, 0.25) is 0 Å². The van der Waals surface area contributed by atoms with E-state index < -0.39 is 0 Å². The van der Waals surface area contributed by atoms with Crippen molar-refractivity contribution in [1.29, 1.82) is 0 Å². The van der Waals surface area contributed by atoms with Gasteiger partial charge in [-0.25, -0.2) is 0 Å². The lowest BCUT2D eigenvalue weighted by atomic mass is 10.8. The van der Waals surface area contributed by atoms with Crippen LogP contribution in [0, 0.1) is 0 Å². The molecular weight excluding hydrogens is 160 g/mol. The molecule has 2 nitrogen and oxygen atoms in total. The van der Waals surface area contributed by atoms with Gasteiger partial charge in [0.2, 0.25) is 0 Å². The Labute approximate surface area is 52.9 Å². The van der Waals surface area contributed by atoms with Gasteiger partial charge in [0, 0.05) is 6.92 Å². The monoisotopic (exact) mass is 166 g/mol. The molecule has 0 rings (SSSR count). The van der Waals surface area contributed by atoms with Crippen LogP contribution in [0.1, 0.15) is 6.92 Å². The van der Waals surface area contributed by atoms with Crippen LogP contribution >= 0.6 is 17.0 Å². The summed E-state index contributed by atoms with van der Waals surface area (Å²) < 4.78 is 4.17. The van der Waals surface area contributed by atoms with Gasteiger partial charge in [-0.3, -0.25) is 4.79 Å². The van der Waals surface area contributed by atoms with Crippen LogP contribution in [0.5, 0.6) is 0 Å². The molecule has 3 heteroatoms. The number of hydrogen-bond donors (Lipinski definition) is 0. The van der Waals surface area contributed by atoms with Crippen LogP contribution in [0.3, 0.4) is 0 Å². The van der Waals surface area contributed by atoms with Crippen LogP contribution in [0.15, 0.2) is 12.8 Å². The number of esters is 1. The highest BCUT2D eigenvalue weighted by Crippen LogP contribution is 1.70. The lowest BCUT2D eigenvalue weighted by Gasteiger charge is -1.83. The zero-order chi connectivity index (χ0) is 4.99. The second-order valence-electron chi connectivity index (χ2n) is 0.776. The van der Waals surface area contributed by atoms with Crippen molar-refractivity contribution in [2.75, 3.05) is 0 Å². The normalized spacial score (nSPS) is 5.86. The zero-order valence-electron chi connectivity index (χ0n) is 4.01. The topological polar surface area (TPSA) is 26.3 Å². The fourth-order valence-corrected chi connectivity index (χ4v) is 0.117. The second-order valence-corrected chi connectivity index (χ2v) is 0.776. The molecule has 0 atom stereocenters. The molecule has 0 heterocycles. The van der Waals surface area contributed by atoms with Gasteiger partial charge < -0.3 is 4.74 Å². The third-order valence-electron chi connectivity index (χ3n) is 0.249. The molecule has 0 aromatic heterocycles. The average Bonchev–Trinajstić information content (AvgIpc) is 1.35. The fraction of sp³-hybridized carbons (Fsp3) is 0.250. The molecule has 0 aromatic carbocycles. The van der Waals surface area contributed by atoms with Gasteiger partial charge in [0.15, 0.2) is 0 Å². The van der Waals surface area contributed by atoms with Crippen LogP contribution in [0.4, 0.5) is 0 Å². The molecule has 0 aliphatic carbocycles.